The Morgan fingerprint density at radius 1 is 1.44 bits per heavy atom. The van der Waals surface area contributed by atoms with Crippen molar-refractivity contribution < 1.29 is 19.1 Å². The van der Waals surface area contributed by atoms with Gasteiger partial charge in [-0.3, -0.25) is 4.79 Å². The first-order valence-electron chi connectivity index (χ1n) is 6.20. The van der Waals surface area contributed by atoms with E-state index in [1.807, 2.05) is 20.8 Å². The molecule has 0 aliphatic carbocycles. The number of carbonyl (C=O) groups excluding carboxylic acids is 2. The third-order valence-electron chi connectivity index (χ3n) is 3.04. The van der Waals surface area contributed by atoms with Crippen LogP contribution in [0.4, 0.5) is 4.79 Å². The van der Waals surface area contributed by atoms with Gasteiger partial charge in [0, 0.05) is 6.54 Å². The van der Waals surface area contributed by atoms with Crippen molar-refractivity contribution in [3.8, 4) is 0 Å². The van der Waals surface area contributed by atoms with Crippen molar-refractivity contribution in [3.63, 3.8) is 0 Å². The summed E-state index contributed by atoms with van der Waals surface area (Å²) in [6, 6.07) is -0.523. The van der Waals surface area contributed by atoms with Crippen LogP contribution in [0.15, 0.2) is 0 Å². The molecule has 0 aromatic rings. The lowest BCUT2D eigenvalue weighted by atomic mass is 10.0. The highest BCUT2D eigenvalue weighted by Gasteiger charge is 2.32. The fraction of sp³-hybridized carbons (Fsp3) is 0.833. The van der Waals surface area contributed by atoms with Crippen LogP contribution in [0.1, 0.15) is 20.8 Å². The third-order valence-corrected chi connectivity index (χ3v) is 3.04. The van der Waals surface area contributed by atoms with E-state index < -0.39 is 12.1 Å². The predicted molar refractivity (Wildman–Crippen MR) is 66.2 cm³/mol. The molecule has 0 radical (unpaired) electrons. The van der Waals surface area contributed by atoms with Gasteiger partial charge >= 0.3 is 6.09 Å². The Hall–Kier alpha value is -1.30. The molecule has 1 rings (SSSR count). The van der Waals surface area contributed by atoms with Crippen LogP contribution in [0.5, 0.6) is 0 Å². The average Bonchev–Trinajstić information content (AvgIpc) is 2.35. The highest BCUT2D eigenvalue weighted by Crippen LogP contribution is 2.12. The summed E-state index contributed by atoms with van der Waals surface area (Å²) in [5.41, 5.74) is 0. The van der Waals surface area contributed by atoms with Gasteiger partial charge in [-0.05, 0) is 12.8 Å². The van der Waals surface area contributed by atoms with Crippen LogP contribution in [0.3, 0.4) is 0 Å². The van der Waals surface area contributed by atoms with E-state index in [-0.39, 0.29) is 17.9 Å². The zero-order chi connectivity index (χ0) is 13.7. The van der Waals surface area contributed by atoms with Crippen molar-refractivity contribution in [1.29, 1.82) is 0 Å². The van der Waals surface area contributed by atoms with Gasteiger partial charge in [0.1, 0.15) is 6.04 Å². The van der Waals surface area contributed by atoms with E-state index in [0.29, 0.717) is 19.8 Å². The number of morpholine rings is 1. The van der Waals surface area contributed by atoms with E-state index in [4.69, 9.17) is 4.74 Å². The Labute approximate surface area is 108 Å². The van der Waals surface area contributed by atoms with Crippen LogP contribution in [0, 0.1) is 5.92 Å². The number of alkyl carbamates (subject to hydrolysis) is 1. The standard InChI is InChI=1S/C12H22N2O4/c1-8(2)10(13-12(16)17-4)11(15)14-5-6-18-7-9(14)3/h8-10H,5-7H2,1-4H3,(H,13,16)/t9-,10+/m1/s1. The van der Waals surface area contributed by atoms with Crippen LogP contribution in [0.2, 0.25) is 0 Å². The van der Waals surface area contributed by atoms with E-state index in [2.05, 4.69) is 10.1 Å². The molecule has 6 nitrogen and oxygen atoms in total. The summed E-state index contributed by atoms with van der Waals surface area (Å²) in [4.78, 5) is 25.4. The molecule has 0 unspecified atom stereocenters. The second-order valence-corrected chi connectivity index (χ2v) is 4.81. The van der Waals surface area contributed by atoms with Crippen LogP contribution < -0.4 is 5.32 Å². The number of hydrogen-bond donors (Lipinski definition) is 1. The monoisotopic (exact) mass is 258 g/mol. The number of methoxy groups -OCH3 is 1. The smallest absolute Gasteiger partial charge is 0.407 e. The maximum absolute atomic E-state index is 12.4. The Bertz CT molecular complexity index is 306. The average molecular weight is 258 g/mol. The van der Waals surface area contributed by atoms with Gasteiger partial charge < -0.3 is 19.7 Å². The maximum Gasteiger partial charge on any atom is 0.407 e. The normalized spacial score (nSPS) is 21.6. The molecular weight excluding hydrogens is 236 g/mol. The minimum absolute atomic E-state index is 0.00615. The number of hydrogen-bond acceptors (Lipinski definition) is 4. The van der Waals surface area contributed by atoms with Gasteiger partial charge in [-0.1, -0.05) is 13.8 Å². The maximum atomic E-state index is 12.4. The van der Waals surface area contributed by atoms with Crippen LogP contribution in [-0.2, 0) is 14.3 Å². The lowest BCUT2D eigenvalue weighted by Gasteiger charge is -2.36. The SMILES string of the molecule is COC(=O)N[C@H](C(=O)N1CCOC[C@H]1C)C(C)C. The van der Waals surface area contributed by atoms with Gasteiger partial charge in [0.25, 0.3) is 0 Å². The van der Waals surface area contributed by atoms with Crippen molar-refractivity contribution in [2.75, 3.05) is 26.9 Å². The van der Waals surface area contributed by atoms with Gasteiger partial charge in [0.2, 0.25) is 5.91 Å². The molecule has 1 fully saturated rings. The van der Waals surface area contributed by atoms with Crippen molar-refractivity contribution in [2.45, 2.75) is 32.9 Å². The van der Waals surface area contributed by atoms with Crippen molar-refractivity contribution in [1.82, 2.24) is 10.2 Å². The first-order valence-corrected chi connectivity index (χ1v) is 6.20. The number of nitrogens with zero attached hydrogens (tertiary/aromatic N) is 1. The largest absolute Gasteiger partial charge is 0.453 e. The molecule has 6 heteroatoms. The molecule has 1 saturated heterocycles. The zero-order valence-corrected chi connectivity index (χ0v) is 11.4. The molecule has 1 N–H and O–H groups in total. The molecule has 0 aromatic carbocycles. The molecule has 1 aliphatic rings. The first-order chi connectivity index (χ1) is 8.47. The molecule has 0 bridgehead atoms. The minimum atomic E-state index is -0.581. The van der Waals surface area contributed by atoms with E-state index in [0.717, 1.165) is 0 Å². The predicted octanol–water partition coefficient (Wildman–Crippen LogP) is 0.614. The minimum Gasteiger partial charge on any atom is -0.453 e. The molecule has 18 heavy (non-hydrogen) atoms. The summed E-state index contributed by atoms with van der Waals surface area (Å²) in [7, 11) is 1.29. The number of amides is 2. The summed E-state index contributed by atoms with van der Waals surface area (Å²) in [6.45, 7) is 7.36. The molecule has 0 saturated carbocycles. The summed E-state index contributed by atoms with van der Waals surface area (Å²) in [6.07, 6.45) is -0.581. The molecule has 1 heterocycles. The lowest BCUT2D eigenvalue weighted by molar-refractivity contribution is -0.142. The van der Waals surface area contributed by atoms with Crippen LogP contribution in [-0.4, -0.2) is 55.9 Å². The van der Waals surface area contributed by atoms with Gasteiger partial charge in [0.15, 0.2) is 0 Å². The summed E-state index contributed by atoms with van der Waals surface area (Å²) in [5.74, 6) is -0.0714. The Kier molecular flexibility index (Phi) is 5.40. The summed E-state index contributed by atoms with van der Waals surface area (Å²) >= 11 is 0. The quantitative estimate of drug-likeness (QED) is 0.805. The molecule has 104 valence electrons. The van der Waals surface area contributed by atoms with Gasteiger partial charge in [0.05, 0.1) is 26.4 Å². The number of nitrogens with one attached hydrogen (secondary N) is 1. The number of rotatable bonds is 3. The van der Waals surface area contributed by atoms with E-state index in [1.54, 1.807) is 4.90 Å². The summed E-state index contributed by atoms with van der Waals surface area (Å²) in [5, 5.41) is 2.59. The molecule has 0 spiro atoms. The highest BCUT2D eigenvalue weighted by molar-refractivity contribution is 5.86. The second-order valence-electron chi connectivity index (χ2n) is 4.81. The van der Waals surface area contributed by atoms with Gasteiger partial charge in [-0.2, -0.15) is 0 Å². The highest BCUT2D eigenvalue weighted by atomic mass is 16.5. The Balaban J connectivity index is 2.72. The van der Waals surface area contributed by atoms with E-state index in [9.17, 15) is 9.59 Å². The third kappa shape index (κ3) is 3.60. The molecule has 2 atom stereocenters. The Morgan fingerprint density at radius 3 is 2.61 bits per heavy atom. The molecular formula is C12H22N2O4. The van der Waals surface area contributed by atoms with Crippen LogP contribution >= 0.6 is 0 Å². The van der Waals surface area contributed by atoms with E-state index in [1.165, 1.54) is 7.11 Å². The van der Waals surface area contributed by atoms with Crippen LogP contribution in [0.25, 0.3) is 0 Å². The van der Waals surface area contributed by atoms with Crippen molar-refractivity contribution >= 4 is 12.0 Å². The number of carbonyl (C=O) groups is 2. The van der Waals surface area contributed by atoms with Crippen molar-refractivity contribution in [2.24, 2.45) is 5.92 Å². The first kappa shape index (κ1) is 14.8. The van der Waals surface area contributed by atoms with Gasteiger partial charge in [-0.15, -0.1) is 0 Å². The van der Waals surface area contributed by atoms with Crippen molar-refractivity contribution in [3.05, 3.63) is 0 Å². The molecule has 1 aliphatic heterocycles. The van der Waals surface area contributed by atoms with E-state index >= 15 is 0 Å². The fourth-order valence-electron chi connectivity index (χ4n) is 1.93. The lowest BCUT2D eigenvalue weighted by Crippen LogP contribution is -2.56. The molecule has 2 amide bonds. The topological polar surface area (TPSA) is 67.9 Å². The summed E-state index contributed by atoms with van der Waals surface area (Å²) < 4.78 is 9.85. The van der Waals surface area contributed by atoms with Gasteiger partial charge in [-0.25, -0.2) is 4.79 Å². The second kappa shape index (κ2) is 6.58. The molecule has 0 aromatic heterocycles. The zero-order valence-electron chi connectivity index (χ0n) is 11.4. The number of ether oxygens (including phenoxy) is 2. The Morgan fingerprint density at radius 2 is 2.11 bits per heavy atom. The fourth-order valence-corrected chi connectivity index (χ4v) is 1.93.